The van der Waals surface area contributed by atoms with Gasteiger partial charge in [-0.3, -0.25) is 14.7 Å². The minimum Gasteiger partial charge on any atom is -0.283 e. The van der Waals surface area contributed by atoms with Gasteiger partial charge in [-0.1, -0.05) is 40.6 Å². The number of pyridine rings is 1. The highest BCUT2D eigenvalue weighted by Crippen LogP contribution is 2.36. The monoisotopic (exact) mass is 580 g/mol. The van der Waals surface area contributed by atoms with Gasteiger partial charge in [0.1, 0.15) is 4.21 Å². The van der Waals surface area contributed by atoms with E-state index in [0.29, 0.717) is 33.9 Å². The number of benzene rings is 1. The molecule has 4 heterocycles. The molecular weight excluding hydrogens is 559 g/mol. The fourth-order valence-electron chi connectivity index (χ4n) is 4.26. The molecule has 1 aliphatic rings. The Morgan fingerprint density at radius 1 is 1.19 bits per heavy atom. The minimum absolute atomic E-state index is 0.107. The first-order valence-corrected chi connectivity index (χ1v) is 15.1. The number of nitrogens with zero attached hydrogens (tertiary/aromatic N) is 4. The van der Waals surface area contributed by atoms with Crippen molar-refractivity contribution in [3.05, 3.63) is 69.3 Å². The van der Waals surface area contributed by atoms with Gasteiger partial charge in [0.05, 0.1) is 27.0 Å². The van der Waals surface area contributed by atoms with Gasteiger partial charge < -0.3 is 0 Å². The van der Waals surface area contributed by atoms with Crippen LogP contribution in [0, 0.1) is 12.8 Å². The van der Waals surface area contributed by atoms with Crippen LogP contribution in [0.2, 0.25) is 9.36 Å². The summed E-state index contributed by atoms with van der Waals surface area (Å²) in [4.78, 5) is 24.6. The van der Waals surface area contributed by atoms with Crippen molar-refractivity contribution in [2.24, 2.45) is 5.92 Å². The van der Waals surface area contributed by atoms with Crippen molar-refractivity contribution in [2.75, 3.05) is 18.0 Å². The quantitative estimate of drug-likeness (QED) is 0.279. The van der Waals surface area contributed by atoms with Crippen LogP contribution in [0.4, 0.5) is 5.13 Å². The Hall–Kier alpha value is -2.08. The van der Waals surface area contributed by atoms with Crippen LogP contribution in [0.5, 0.6) is 0 Å². The molecule has 3 aromatic heterocycles. The van der Waals surface area contributed by atoms with E-state index in [9.17, 15) is 13.2 Å². The molecule has 1 aliphatic heterocycles. The maximum absolute atomic E-state index is 14.0. The van der Waals surface area contributed by atoms with Gasteiger partial charge in [-0.05, 0) is 61.2 Å². The van der Waals surface area contributed by atoms with E-state index in [1.807, 2.05) is 31.2 Å². The standard InChI is InChI=1S/C24H22Cl2N4O3S3/c1-15-18(25)6-7-19-22(15)28-24(34-19)30(13-16-4-2-10-27-12-16)23(31)17-5-3-11-29(14-17)36(32,33)21-9-8-20(26)35-21/h2,4,6-10,12,17H,3,5,11,13-14H2,1H3. The predicted octanol–water partition coefficient (Wildman–Crippen LogP) is 6.00. The van der Waals surface area contributed by atoms with Crippen molar-refractivity contribution in [2.45, 2.75) is 30.5 Å². The molecule has 0 saturated carbocycles. The van der Waals surface area contributed by atoms with Crippen molar-refractivity contribution in [1.82, 2.24) is 14.3 Å². The molecule has 5 rings (SSSR count). The molecule has 0 radical (unpaired) electrons. The van der Waals surface area contributed by atoms with Crippen molar-refractivity contribution >= 4 is 77.2 Å². The van der Waals surface area contributed by atoms with E-state index in [-0.39, 0.29) is 23.2 Å². The zero-order chi connectivity index (χ0) is 25.4. The van der Waals surface area contributed by atoms with Crippen LogP contribution >= 0.6 is 45.9 Å². The maximum atomic E-state index is 14.0. The number of hydrogen-bond donors (Lipinski definition) is 0. The fraction of sp³-hybridized carbons (Fsp3) is 0.292. The number of carbonyl (C=O) groups is 1. The largest absolute Gasteiger partial charge is 0.283 e. The van der Waals surface area contributed by atoms with Crippen molar-refractivity contribution in [1.29, 1.82) is 0 Å². The second-order valence-electron chi connectivity index (χ2n) is 8.56. The third-order valence-electron chi connectivity index (χ3n) is 6.17. The van der Waals surface area contributed by atoms with E-state index < -0.39 is 15.9 Å². The van der Waals surface area contributed by atoms with Crippen LogP contribution in [-0.2, 0) is 21.4 Å². The van der Waals surface area contributed by atoms with E-state index in [0.717, 1.165) is 32.7 Å². The van der Waals surface area contributed by atoms with Crippen molar-refractivity contribution in [3.8, 4) is 0 Å². The van der Waals surface area contributed by atoms with Gasteiger partial charge in [0.15, 0.2) is 5.13 Å². The number of rotatable bonds is 6. The normalized spacial score (nSPS) is 16.9. The van der Waals surface area contributed by atoms with Crippen LogP contribution in [0.15, 0.2) is 53.0 Å². The second kappa shape index (κ2) is 10.4. The molecule has 36 heavy (non-hydrogen) atoms. The molecule has 0 spiro atoms. The number of hydrogen-bond acceptors (Lipinski definition) is 7. The van der Waals surface area contributed by atoms with Crippen molar-refractivity contribution in [3.63, 3.8) is 0 Å². The molecule has 7 nitrogen and oxygen atoms in total. The number of amides is 1. The Morgan fingerprint density at radius 2 is 2.03 bits per heavy atom. The summed E-state index contributed by atoms with van der Waals surface area (Å²) in [7, 11) is -3.73. The maximum Gasteiger partial charge on any atom is 0.252 e. The summed E-state index contributed by atoms with van der Waals surface area (Å²) >= 11 is 14.7. The van der Waals surface area contributed by atoms with Gasteiger partial charge in [0.25, 0.3) is 10.0 Å². The molecule has 188 valence electrons. The molecular formula is C24H22Cl2N4O3S3. The van der Waals surface area contributed by atoms with Gasteiger partial charge >= 0.3 is 0 Å². The summed E-state index contributed by atoms with van der Waals surface area (Å²) in [5.74, 6) is -0.664. The Balaban J connectivity index is 1.47. The summed E-state index contributed by atoms with van der Waals surface area (Å²) in [6, 6.07) is 10.5. The third-order valence-corrected chi connectivity index (χ3v) is 11.2. The number of carbonyl (C=O) groups excluding carboxylic acids is 1. The lowest BCUT2D eigenvalue weighted by Crippen LogP contribution is -2.46. The number of fused-ring (bicyclic) bond motifs is 1. The number of piperidine rings is 1. The van der Waals surface area contributed by atoms with E-state index >= 15 is 0 Å². The molecule has 0 aliphatic carbocycles. The summed E-state index contributed by atoms with van der Waals surface area (Å²) in [5, 5.41) is 1.17. The first kappa shape index (κ1) is 25.6. The molecule has 12 heteroatoms. The van der Waals surface area contributed by atoms with E-state index in [1.54, 1.807) is 23.4 Å². The number of thiophene rings is 1. The lowest BCUT2D eigenvalue weighted by atomic mass is 9.98. The summed E-state index contributed by atoms with van der Waals surface area (Å²) in [6.07, 6.45) is 4.58. The fourth-order valence-corrected chi connectivity index (χ4v) is 8.61. The number of anilines is 1. The molecule has 1 amide bonds. The highest BCUT2D eigenvalue weighted by molar-refractivity contribution is 7.91. The molecule has 1 fully saturated rings. The van der Waals surface area contributed by atoms with Crippen LogP contribution in [-0.4, -0.2) is 41.7 Å². The van der Waals surface area contributed by atoms with E-state index in [4.69, 9.17) is 28.2 Å². The number of thiazole rings is 1. The average molecular weight is 582 g/mol. The van der Waals surface area contributed by atoms with Crippen LogP contribution < -0.4 is 4.90 Å². The molecule has 4 aromatic rings. The molecule has 1 unspecified atom stereocenters. The summed E-state index contributed by atoms with van der Waals surface area (Å²) in [5.41, 5.74) is 2.47. The van der Waals surface area contributed by atoms with Gasteiger partial charge in [-0.25, -0.2) is 13.4 Å². The zero-order valence-corrected chi connectivity index (χ0v) is 23.2. The summed E-state index contributed by atoms with van der Waals surface area (Å²) < 4.78 is 29.3. The number of aryl methyl sites for hydroxylation is 1. The topological polar surface area (TPSA) is 83.5 Å². The SMILES string of the molecule is Cc1c(Cl)ccc2sc(N(Cc3cccnc3)C(=O)C3CCCN(S(=O)(=O)c4ccc(Cl)s4)C3)nc12. The van der Waals surface area contributed by atoms with Gasteiger partial charge in [0, 0.05) is 30.5 Å². The van der Waals surface area contributed by atoms with Gasteiger partial charge in [-0.2, -0.15) is 4.31 Å². The molecule has 1 aromatic carbocycles. The molecule has 0 bridgehead atoms. The van der Waals surface area contributed by atoms with Crippen LogP contribution in [0.25, 0.3) is 10.2 Å². The number of sulfonamides is 1. The van der Waals surface area contributed by atoms with Crippen LogP contribution in [0.3, 0.4) is 0 Å². The molecule has 1 saturated heterocycles. The first-order valence-electron chi connectivity index (χ1n) is 11.3. The Labute approximate surface area is 227 Å². The van der Waals surface area contributed by atoms with Crippen molar-refractivity contribution < 1.29 is 13.2 Å². The minimum atomic E-state index is -3.73. The highest BCUT2D eigenvalue weighted by atomic mass is 35.5. The van der Waals surface area contributed by atoms with Crippen LogP contribution in [0.1, 0.15) is 24.0 Å². The Kier molecular flexibility index (Phi) is 7.35. The lowest BCUT2D eigenvalue weighted by Gasteiger charge is -2.33. The molecule has 0 N–H and O–H groups in total. The third kappa shape index (κ3) is 5.03. The van der Waals surface area contributed by atoms with E-state index in [2.05, 4.69) is 4.98 Å². The average Bonchev–Trinajstić information content (AvgIpc) is 3.52. The highest BCUT2D eigenvalue weighted by Gasteiger charge is 2.37. The van der Waals surface area contributed by atoms with Gasteiger partial charge in [0.2, 0.25) is 5.91 Å². The summed E-state index contributed by atoms with van der Waals surface area (Å²) in [6.45, 7) is 2.66. The first-order chi connectivity index (χ1) is 17.2. The second-order valence-corrected chi connectivity index (χ2v) is 13.9. The zero-order valence-electron chi connectivity index (χ0n) is 19.2. The van der Waals surface area contributed by atoms with E-state index in [1.165, 1.54) is 21.7 Å². The predicted molar refractivity (Wildman–Crippen MR) is 146 cm³/mol. The molecule has 1 atom stereocenters. The van der Waals surface area contributed by atoms with Gasteiger partial charge in [-0.15, -0.1) is 11.3 Å². The Bertz CT molecular complexity index is 1520. The Morgan fingerprint density at radius 3 is 2.75 bits per heavy atom. The lowest BCUT2D eigenvalue weighted by molar-refractivity contribution is -0.123. The number of aromatic nitrogens is 2. The smallest absolute Gasteiger partial charge is 0.252 e. The number of halogens is 2.